The number of carboxylic acids is 1. The Bertz CT molecular complexity index is 634. The van der Waals surface area contributed by atoms with Crippen molar-refractivity contribution in [3.05, 3.63) is 22.5 Å². The summed E-state index contributed by atoms with van der Waals surface area (Å²) in [6.07, 6.45) is 1.49. The number of carbonyl (C=O) groups excluding carboxylic acids is 1. The van der Waals surface area contributed by atoms with Crippen LogP contribution in [0.4, 0.5) is 0 Å². The molecule has 1 N–H and O–H groups in total. The highest BCUT2D eigenvalue weighted by molar-refractivity contribution is 9.10. The van der Waals surface area contributed by atoms with Gasteiger partial charge >= 0.3 is 5.97 Å². The zero-order chi connectivity index (χ0) is 13.3. The van der Waals surface area contributed by atoms with E-state index in [4.69, 9.17) is 14.3 Å². The van der Waals surface area contributed by atoms with E-state index in [0.717, 1.165) is 0 Å². The molecule has 2 heterocycles. The zero-order valence-electron chi connectivity index (χ0n) is 9.27. The average Bonchev–Trinajstić information content (AvgIpc) is 2.64. The predicted octanol–water partition coefficient (Wildman–Crippen LogP) is 2.26. The van der Waals surface area contributed by atoms with E-state index in [0.29, 0.717) is 4.47 Å². The third-order valence-corrected chi connectivity index (χ3v) is 2.50. The summed E-state index contributed by atoms with van der Waals surface area (Å²) in [5.74, 6) is -1.89. The number of rotatable bonds is 4. The van der Waals surface area contributed by atoms with E-state index in [1.807, 2.05) is 0 Å². The number of halogens is 1. The second-order valence-corrected chi connectivity index (χ2v) is 4.47. The van der Waals surface area contributed by atoms with Gasteiger partial charge in [0.15, 0.2) is 22.6 Å². The standard InChI is InChI=1S/C11H8BrNO5/c1-5(14)4-17-9-8-7(2-6(12)3-13-8)18-10(9)11(15)16/h2-3H,4H2,1H3,(H,15,16). The Hall–Kier alpha value is -1.89. The van der Waals surface area contributed by atoms with Gasteiger partial charge in [-0.15, -0.1) is 0 Å². The molecule has 0 aromatic carbocycles. The number of fused-ring (bicyclic) bond motifs is 1. The van der Waals surface area contributed by atoms with Crippen LogP contribution in [0.25, 0.3) is 11.1 Å². The lowest BCUT2D eigenvalue weighted by atomic mass is 10.3. The van der Waals surface area contributed by atoms with E-state index < -0.39 is 5.97 Å². The van der Waals surface area contributed by atoms with Gasteiger partial charge in [-0.3, -0.25) is 4.79 Å². The fourth-order valence-electron chi connectivity index (χ4n) is 1.38. The molecule has 2 aromatic rings. The maximum Gasteiger partial charge on any atom is 0.375 e. The first kappa shape index (κ1) is 12.6. The number of hydrogen-bond acceptors (Lipinski definition) is 5. The van der Waals surface area contributed by atoms with Crippen LogP contribution in [0.2, 0.25) is 0 Å². The molecule has 0 bridgehead atoms. The molecule has 0 amide bonds. The summed E-state index contributed by atoms with van der Waals surface area (Å²) in [6.45, 7) is 1.11. The van der Waals surface area contributed by atoms with Crippen molar-refractivity contribution in [2.24, 2.45) is 0 Å². The van der Waals surface area contributed by atoms with Gasteiger partial charge in [0.05, 0.1) is 0 Å². The second-order valence-electron chi connectivity index (χ2n) is 3.56. The molecule has 0 unspecified atom stereocenters. The number of furan rings is 1. The molecule has 7 heteroatoms. The van der Waals surface area contributed by atoms with E-state index >= 15 is 0 Å². The SMILES string of the molecule is CC(=O)COc1c(C(=O)O)oc2cc(Br)cnc12. The van der Waals surface area contributed by atoms with E-state index in [9.17, 15) is 9.59 Å². The van der Waals surface area contributed by atoms with Gasteiger partial charge in [-0.25, -0.2) is 9.78 Å². The highest BCUT2D eigenvalue weighted by atomic mass is 79.9. The first-order chi connectivity index (χ1) is 8.49. The zero-order valence-corrected chi connectivity index (χ0v) is 10.9. The smallest absolute Gasteiger partial charge is 0.375 e. The van der Waals surface area contributed by atoms with Crippen molar-refractivity contribution in [2.75, 3.05) is 6.61 Å². The van der Waals surface area contributed by atoms with Crippen LogP contribution in [0.3, 0.4) is 0 Å². The van der Waals surface area contributed by atoms with Crippen LogP contribution in [0.1, 0.15) is 17.5 Å². The lowest BCUT2D eigenvalue weighted by molar-refractivity contribution is -0.118. The monoisotopic (exact) mass is 313 g/mol. The Morgan fingerprint density at radius 1 is 1.56 bits per heavy atom. The fourth-order valence-corrected chi connectivity index (χ4v) is 1.69. The summed E-state index contributed by atoms with van der Waals surface area (Å²) in [5, 5.41) is 9.00. The third-order valence-electron chi connectivity index (χ3n) is 2.07. The molecule has 2 aromatic heterocycles. The summed E-state index contributed by atoms with van der Waals surface area (Å²) >= 11 is 3.20. The number of aromatic carboxylic acids is 1. The maximum atomic E-state index is 11.0. The van der Waals surface area contributed by atoms with Gasteiger partial charge in [-0.05, 0) is 28.9 Å². The molecule has 0 aliphatic rings. The van der Waals surface area contributed by atoms with Crippen LogP contribution in [-0.4, -0.2) is 28.4 Å². The third kappa shape index (κ3) is 2.35. The van der Waals surface area contributed by atoms with Gasteiger partial charge in [0.25, 0.3) is 5.76 Å². The minimum Gasteiger partial charge on any atom is -0.479 e. The van der Waals surface area contributed by atoms with Gasteiger partial charge in [0, 0.05) is 10.7 Å². The van der Waals surface area contributed by atoms with Gasteiger partial charge < -0.3 is 14.3 Å². The molecular weight excluding hydrogens is 306 g/mol. The molecule has 6 nitrogen and oxygen atoms in total. The van der Waals surface area contributed by atoms with Gasteiger partial charge in [-0.1, -0.05) is 0 Å². The Balaban J connectivity index is 2.55. The summed E-state index contributed by atoms with van der Waals surface area (Å²) < 4.78 is 10.9. The van der Waals surface area contributed by atoms with Crippen LogP contribution < -0.4 is 4.74 Å². The Morgan fingerprint density at radius 2 is 2.28 bits per heavy atom. The normalized spacial score (nSPS) is 10.6. The van der Waals surface area contributed by atoms with Crippen molar-refractivity contribution in [3.8, 4) is 5.75 Å². The molecule has 0 saturated heterocycles. The number of hydrogen-bond donors (Lipinski definition) is 1. The quantitative estimate of drug-likeness (QED) is 0.931. The van der Waals surface area contributed by atoms with Crippen LogP contribution in [0.15, 0.2) is 21.2 Å². The minimum absolute atomic E-state index is 0.0276. The molecule has 0 radical (unpaired) electrons. The van der Waals surface area contributed by atoms with Gasteiger partial charge in [-0.2, -0.15) is 0 Å². The average molecular weight is 314 g/mol. The van der Waals surface area contributed by atoms with Crippen LogP contribution in [0.5, 0.6) is 5.75 Å². The first-order valence-corrected chi connectivity index (χ1v) is 5.72. The number of carboxylic acid groups (broad SMARTS) is 1. The largest absolute Gasteiger partial charge is 0.479 e. The van der Waals surface area contributed by atoms with Crippen molar-refractivity contribution in [2.45, 2.75) is 6.92 Å². The number of Topliss-reactive ketones (excluding diaryl/α,β-unsaturated/α-hetero) is 1. The molecule has 0 aliphatic heterocycles. The summed E-state index contributed by atoms with van der Waals surface area (Å²) in [4.78, 5) is 25.9. The predicted molar refractivity (Wildman–Crippen MR) is 64.8 cm³/mol. The van der Waals surface area contributed by atoms with Crippen LogP contribution in [-0.2, 0) is 4.79 Å². The maximum absolute atomic E-state index is 11.0. The molecule has 0 aliphatic carbocycles. The van der Waals surface area contributed by atoms with E-state index in [2.05, 4.69) is 20.9 Å². The highest BCUT2D eigenvalue weighted by Gasteiger charge is 2.23. The lowest BCUT2D eigenvalue weighted by Crippen LogP contribution is -2.08. The van der Waals surface area contributed by atoms with Gasteiger partial charge in [0.1, 0.15) is 6.61 Å². The fraction of sp³-hybridized carbons (Fsp3) is 0.182. The summed E-state index contributed by atoms with van der Waals surface area (Å²) in [6, 6.07) is 1.58. The van der Waals surface area contributed by atoms with Crippen molar-refractivity contribution in [3.63, 3.8) is 0 Å². The molecular formula is C11H8BrNO5. The van der Waals surface area contributed by atoms with Crippen LogP contribution >= 0.6 is 15.9 Å². The Kier molecular flexibility index (Phi) is 3.33. The van der Waals surface area contributed by atoms with E-state index in [-0.39, 0.29) is 35.0 Å². The van der Waals surface area contributed by atoms with E-state index in [1.54, 1.807) is 6.07 Å². The number of ether oxygens (including phenoxy) is 1. The van der Waals surface area contributed by atoms with Crippen molar-refractivity contribution >= 4 is 38.8 Å². The molecule has 0 saturated carbocycles. The second kappa shape index (κ2) is 4.77. The Labute approximate surface area is 110 Å². The van der Waals surface area contributed by atoms with Crippen molar-refractivity contribution < 1.29 is 23.8 Å². The van der Waals surface area contributed by atoms with Gasteiger partial charge in [0.2, 0.25) is 0 Å². The molecule has 0 fully saturated rings. The number of aromatic nitrogens is 1. The lowest BCUT2D eigenvalue weighted by Gasteiger charge is -2.01. The van der Waals surface area contributed by atoms with E-state index in [1.165, 1.54) is 13.1 Å². The molecule has 18 heavy (non-hydrogen) atoms. The molecule has 2 rings (SSSR count). The number of pyridine rings is 1. The van der Waals surface area contributed by atoms with Crippen molar-refractivity contribution in [1.29, 1.82) is 0 Å². The Morgan fingerprint density at radius 3 is 2.89 bits per heavy atom. The van der Waals surface area contributed by atoms with Crippen LogP contribution in [0, 0.1) is 0 Å². The number of nitrogens with zero attached hydrogens (tertiary/aromatic N) is 1. The first-order valence-electron chi connectivity index (χ1n) is 4.92. The molecule has 94 valence electrons. The number of ketones is 1. The topological polar surface area (TPSA) is 89.6 Å². The summed E-state index contributed by atoms with van der Waals surface area (Å²) in [5.41, 5.74) is 0.553. The molecule has 0 spiro atoms. The molecule has 0 atom stereocenters. The van der Waals surface area contributed by atoms with Crippen molar-refractivity contribution in [1.82, 2.24) is 4.98 Å². The minimum atomic E-state index is -1.28. The highest BCUT2D eigenvalue weighted by Crippen LogP contribution is 2.32. The summed E-state index contributed by atoms with van der Waals surface area (Å²) in [7, 11) is 0. The number of carbonyl (C=O) groups is 2.